The van der Waals surface area contributed by atoms with Crippen LogP contribution >= 0.6 is 11.3 Å². The van der Waals surface area contributed by atoms with Gasteiger partial charge in [0.25, 0.3) is 0 Å². The lowest BCUT2D eigenvalue weighted by atomic mass is 9.98. The summed E-state index contributed by atoms with van der Waals surface area (Å²) in [6.07, 6.45) is 3.54. The molecule has 0 radical (unpaired) electrons. The normalized spacial score (nSPS) is 16.2. The molecule has 0 bridgehead atoms. The molecule has 0 saturated carbocycles. The Hall–Kier alpha value is -1.89. The van der Waals surface area contributed by atoms with Gasteiger partial charge in [0.15, 0.2) is 0 Å². The molecule has 1 unspecified atom stereocenters. The summed E-state index contributed by atoms with van der Waals surface area (Å²) in [4.78, 5) is 39.3. The highest BCUT2D eigenvalue weighted by Gasteiger charge is 2.28. The number of carbonyl (C=O) groups excluding carboxylic acids is 3. The van der Waals surface area contributed by atoms with E-state index in [-0.39, 0.29) is 42.1 Å². The molecule has 3 amide bonds. The van der Waals surface area contributed by atoms with E-state index >= 15 is 0 Å². The van der Waals surface area contributed by atoms with Crippen molar-refractivity contribution in [3.63, 3.8) is 0 Å². The van der Waals surface area contributed by atoms with Gasteiger partial charge in [0, 0.05) is 36.9 Å². The molecule has 6 nitrogen and oxygen atoms in total. The molecular formula is C20H31N3O3S. The molecule has 1 fully saturated rings. The largest absolute Gasteiger partial charge is 0.353 e. The fourth-order valence-corrected chi connectivity index (χ4v) is 4.35. The van der Waals surface area contributed by atoms with Gasteiger partial charge in [-0.1, -0.05) is 19.9 Å². The van der Waals surface area contributed by atoms with E-state index in [1.54, 1.807) is 0 Å². The molecule has 27 heavy (non-hydrogen) atoms. The highest BCUT2D eigenvalue weighted by Crippen LogP contribution is 2.23. The molecule has 1 saturated heterocycles. The first kappa shape index (κ1) is 21.4. The van der Waals surface area contributed by atoms with E-state index in [1.165, 1.54) is 18.3 Å². The smallest absolute Gasteiger partial charge is 0.225 e. The van der Waals surface area contributed by atoms with E-state index in [0.717, 1.165) is 30.6 Å². The van der Waals surface area contributed by atoms with Crippen LogP contribution in [0.5, 0.6) is 0 Å². The molecule has 1 aromatic rings. The minimum Gasteiger partial charge on any atom is -0.353 e. The van der Waals surface area contributed by atoms with Gasteiger partial charge >= 0.3 is 0 Å². The Morgan fingerprint density at radius 3 is 2.41 bits per heavy atom. The van der Waals surface area contributed by atoms with Gasteiger partial charge in [0.1, 0.15) is 0 Å². The first-order valence-corrected chi connectivity index (χ1v) is 10.7. The summed E-state index contributed by atoms with van der Waals surface area (Å²) in [6, 6.07) is 3.64. The van der Waals surface area contributed by atoms with E-state index < -0.39 is 0 Å². The van der Waals surface area contributed by atoms with Gasteiger partial charge in [0.05, 0.1) is 12.5 Å². The summed E-state index contributed by atoms with van der Waals surface area (Å²) >= 11 is 1.53. The highest BCUT2D eigenvalue weighted by molar-refractivity contribution is 7.10. The number of likely N-dealkylation sites (tertiary alicyclic amines) is 1. The molecule has 0 aromatic carbocycles. The number of piperidine rings is 1. The predicted octanol–water partition coefficient (Wildman–Crippen LogP) is 2.86. The zero-order chi connectivity index (χ0) is 19.8. The summed E-state index contributed by atoms with van der Waals surface area (Å²) in [5, 5.41) is 7.87. The molecule has 1 aliphatic rings. The topological polar surface area (TPSA) is 78.5 Å². The van der Waals surface area contributed by atoms with Crippen molar-refractivity contribution >= 4 is 29.1 Å². The number of rotatable bonds is 8. The molecular weight excluding hydrogens is 362 g/mol. The van der Waals surface area contributed by atoms with Crippen molar-refractivity contribution in [2.24, 2.45) is 5.92 Å². The number of nitrogens with zero attached hydrogens (tertiary/aromatic N) is 1. The lowest BCUT2D eigenvalue weighted by Crippen LogP contribution is -2.48. The van der Waals surface area contributed by atoms with Crippen LogP contribution in [0.2, 0.25) is 0 Å². The minimum absolute atomic E-state index is 0.0630. The van der Waals surface area contributed by atoms with Crippen molar-refractivity contribution in [2.75, 3.05) is 13.1 Å². The van der Waals surface area contributed by atoms with Gasteiger partial charge in [-0.25, -0.2) is 0 Å². The highest BCUT2D eigenvalue weighted by atomic mass is 32.1. The molecule has 0 spiro atoms. The van der Waals surface area contributed by atoms with Crippen molar-refractivity contribution in [3.05, 3.63) is 22.4 Å². The molecule has 2 N–H and O–H groups in total. The minimum atomic E-state index is -0.293. The molecule has 1 aliphatic heterocycles. The van der Waals surface area contributed by atoms with Crippen LogP contribution in [0.3, 0.4) is 0 Å². The van der Waals surface area contributed by atoms with Crippen molar-refractivity contribution in [3.8, 4) is 0 Å². The monoisotopic (exact) mass is 393 g/mol. The molecule has 2 heterocycles. The summed E-state index contributed by atoms with van der Waals surface area (Å²) in [7, 11) is 0. The Balaban J connectivity index is 1.83. The fraction of sp³-hybridized carbons (Fsp3) is 0.650. The zero-order valence-electron chi connectivity index (χ0n) is 16.5. The van der Waals surface area contributed by atoms with E-state index in [2.05, 4.69) is 24.5 Å². The van der Waals surface area contributed by atoms with Crippen molar-refractivity contribution in [2.45, 2.75) is 65.0 Å². The maximum absolute atomic E-state index is 12.5. The summed E-state index contributed by atoms with van der Waals surface area (Å²) in [5.41, 5.74) is 0. The molecule has 7 heteroatoms. The number of carbonyl (C=O) groups is 3. The van der Waals surface area contributed by atoms with Crippen LogP contribution in [-0.4, -0.2) is 41.8 Å². The van der Waals surface area contributed by atoms with Crippen LogP contribution in [0, 0.1) is 5.92 Å². The van der Waals surface area contributed by atoms with Crippen molar-refractivity contribution in [1.82, 2.24) is 15.5 Å². The average molecular weight is 394 g/mol. The molecule has 1 atom stereocenters. The van der Waals surface area contributed by atoms with Gasteiger partial charge in [-0.2, -0.15) is 0 Å². The van der Waals surface area contributed by atoms with Crippen LogP contribution in [-0.2, 0) is 14.4 Å². The van der Waals surface area contributed by atoms with Gasteiger partial charge in [-0.05, 0) is 37.1 Å². The number of hydrogen-bond acceptors (Lipinski definition) is 4. The SMILES string of the molecule is CCC(CC)C(=O)N1CCC(NC(=O)CC(NC(C)=O)c2cccs2)CC1. The van der Waals surface area contributed by atoms with Gasteiger partial charge in [-0.15, -0.1) is 11.3 Å². The van der Waals surface area contributed by atoms with Crippen LogP contribution in [0.4, 0.5) is 0 Å². The second-order valence-electron chi connectivity index (χ2n) is 7.15. The Morgan fingerprint density at radius 1 is 1.22 bits per heavy atom. The number of amides is 3. The lowest BCUT2D eigenvalue weighted by Gasteiger charge is -2.34. The third-order valence-electron chi connectivity index (χ3n) is 5.16. The van der Waals surface area contributed by atoms with Gasteiger partial charge in [-0.3, -0.25) is 14.4 Å². The van der Waals surface area contributed by atoms with Crippen LogP contribution < -0.4 is 10.6 Å². The third kappa shape index (κ3) is 6.34. The first-order chi connectivity index (χ1) is 12.9. The fourth-order valence-electron chi connectivity index (χ4n) is 3.57. The maximum Gasteiger partial charge on any atom is 0.225 e. The number of thiophene rings is 1. The summed E-state index contributed by atoms with van der Waals surface area (Å²) < 4.78 is 0. The average Bonchev–Trinajstić information content (AvgIpc) is 3.17. The van der Waals surface area contributed by atoms with E-state index in [9.17, 15) is 14.4 Å². The quantitative estimate of drug-likeness (QED) is 0.713. The Kier molecular flexibility index (Phi) is 8.28. The molecule has 150 valence electrons. The van der Waals surface area contributed by atoms with Crippen LogP contribution in [0.15, 0.2) is 17.5 Å². The predicted molar refractivity (Wildman–Crippen MR) is 107 cm³/mol. The number of hydrogen-bond donors (Lipinski definition) is 2. The lowest BCUT2D eigenvalue weighted by molar-refractivity contribution is -0.137. The van der Waals surface area contributed by atoms with Gasteiger partial charge < -0.3 is 15.5 Å². The van der Waals surface area contributed by atoms with Crippen molar-refractivity contribution < 1.29 is 14.4 Å². The molecule has 2 rings (SSSR count). The van der Waals surface area contributed by atoms with E-state index in [4.69, 9.17) is 0 Å². The zero-order valence-corrected chi connectivity index (χ0v) is 17.3. The maximum atomic E-state index is 12.5. The second kappa shape index (κ2) is 10.4. The van der Waals surface area contributed by atoms with Crippen LogP contribution in [0.1, 0.15) is 63.8 Å². The standard InChI is InChI=1S/C20H31N3O3S/c1-4-15(5-2)20(26)23-10-8-16(9-11-23)22-19(25)13-17(21-14(3)24)18-7-6-12-27-18/h6-7,12,15-17H,4-5,8-11,13H2,1-3H3,(H,21,24)(H,22,25). The van der Waals surface area contributed by atoms with Gasteiger partial charge in [0.2, 0.25) is 17.7 Å². The van der Waals surface area contributed by atoms with E-state index in [1.807, 2.05) is 22.4 Å². The Morgan fingerprint density at radius 2 is 1.89 bits per heavy atom. The first-order valence-electron chi connectivity index (χ1n) is 9.83. The molecule has 1 aromatic heterocycles. The third-order valence-corrected chi connectivity index (χ3v) is 6.15. The summed E-state index contributed by atoms with van der Waals surface area (Å²) in [5.74, 6) is 0.148. The Labute approximate surface area is 165 Å². The summed E-state index contributed by atoms with van der Waals surface area (Å²) in [6.45, 7) is 6.96. The number of nitrogens with one attached hydrogen (secondary N) is 2. The molecule has 0 aliphatic carbocycles. The van der Waals surface area contributed by atoms with Crippen molar-refractivity contribution in [1.29, 1.82) is 0 Å². The van der Waals surface area contributed by atoms with E-state index in [0.29, 0.717) is 13.1 Å². The Bertz CT molecular complexity index is 620. The second-order valence-corrected chi connectivity index (χ2v) is 8.13. The van der Waals surface area contributed by atoms with Crippen LogP contribution in [0.25, 0.3) is 0 Å².